The number of hydrogen-bond acceptors (Lipinski definition) is 3. The van der Waals surface area contributed by atoms with Gasteiger partial charge in [0.25, 0.3) is 5.91 Å². The number of amides is 2. The molecule has 0 aliphatic heterocycles. The molecule has 2 amide bonds. The molecule has 3 rings (SSSR count). The van der Waals surface area contributed by atoms with Gasteiger partial charge in [-0.25, -0.2) is 0 Å². The summed E-state index contributed by atoms with van der Waals surface area (Å²) in [4.78, 5) is 24.1. The molecule has 6 heteroatoms. The zero-order valence-corrected chi connectivity index (χ0v) is 16.7. The van der Waals surface area contributed by atoms with Crippen molar-refractivity contribution in [2.24, 2.45) is 0 Å². The number of carbonyl (C=O) groups is 2. The number of benzene rings is 2. The smallest absolute Gasteiger partial charge is 0.251 e. The van der Waals surface area contributed by atoms with Gasteiger partial charge in [0.2, 0.25) is 5.91 Å². The van der Waals surface area contributed by atoms with Gasteiger partial charge in [-0.1, -0.05) is 40.2 Å². The van der Waals surface area contributed by atoms with Crippen molar-refractivity contribution in [2.45, 2.75) is 31.2 Å². The Bertz CT molecular complexity index is 776. The first-order chi connectivity index (χ1) is 12.6. The zero-order chi connectivity index (χ0) is 18.4. The molecule has 26 heavy (non-hydrogen) atoms. The molecule has 0 spiro atoms. The first kappa shape index (κ1) is 19.0. The molecule has 2 aromatic rings. The maximum Gasteiger partial charge on any atom is 0.251 e. The summed E-state index contributed by atoms with van der Waals surface area (Å²) in [7, 11) is 0. The van der Waals surface area contributed by atoms with E-state index in [1.807, 2.05) is 42.5 Å². The maximum atomic E-state index is 12.1. The number of nitrogens with one attached hydrogen (secondary N) is 2. The van der Waals surface area contributed by atoms with Crippen LogP contribution in [0.3, 0.4) is 0 Å². The van der Waals surface area contributed by atoms with Crippen LogP contribution in [-0.2, 0) is 17.1 Å². The quantitative estimate of drug-likeness (QED) is 0.664. The second-order valence-corrected chi connectivity index (χ2v) is 8.25. The predicted octanol–water partition coefficient (Wildman–Crippen LogP) is 3.89. The van der Waals surface area contributed by atoms with E-state index in [2.05, 4.69) is 26.6 Å². The van der Waals surface area contributed by atoms with E-state index in [1.165, 1.54) is 5.56 Å². The van der Waals surface area contributed by atoms with Crippen LogP contribution < -0.4 is 10.6 Å². The lowest BCUT2D eigenvalue weighted by molar-refractivity contribution is -0.118. The van der Waals surface area contributed by atoms with Crippen molar-refractivity contribution in [1.82, 2.24) is 10.6 Å². The van der Waals surface area contributed by atoms with Crippen molar-refractivity contribution >= 4 is 39.5 Å². The van der Waals surface area contributed by atoms with Gasteiger partial charge in [-0.05, 0) is 48.2 Å². The van der Waals surface area contributed by atoms with E-state index in [9.17, 15) is 9.59 Å². The first-order valence-corrected chi connectivity index (χ1v) is 10.5. The van der Waals surface area contributed by atoms with Crippen LogP contribution in [0, 0.1) is 0 Å². The van der Waals surface area contributed by atoms with E-state index in [0.717, 1.165) is 28.6 Å². The summed E-state index contributed by atoms with van der Waals surface area (Å²) in [5, 5.41) is 5.89. The summed E-state index contributed by atoms with van der Waals surface area (Å²) in [6.45, 7) is 0.433. The lowest BCUT2D eigenvalue weighted by Crippen LogP contribution is -2.26. The Hall–Kier alpha value is -1.79. The third kappa shape index (κ3) is 6.18. The predicted molar refractivity (Wildman–Crippen MR) is 109 cm³/mol. The van der Waals surface area contributed by atoms with Crippen molar-refractivity contribution in [3.63, 3.8) is 0 Å². The van der Waals surface area contributed by atoms with E-state index in [4.69, 9.17) is 0 Å². The molecular weight excluding hydrogens is 412 g/mol. The van der Waals surface area contributed by atoms with Crippen LogP contribution in [0.25, 0.3) is 0 Å². The standard InChI is InChI=1S/C20H21BrN2O2S/c21-17-6-4-14(5-7-17)12-26-13-19(24)22-11-15-2-1-3-16(10-15)20(25)23-18-8-9-18/h1-7,10,18H,8-9,11-13H2,(H,22,24)(H,23,25). The van der Waals surface area contributed by atoms with E-state index in [0.29, 0.717) is 23.9 Å². The molecule has 2 N–H and O–H groups in total. The molecule has 1 fully saturated rings. The highest BCUT2D eigenvalue weighted by molar-refractivity contribution is 9.10. The molecule has 0 bridgehead atoms. The summed E-state index contributed by atoms with van der Waals surface area (Å²) >= 11 is 5.00. The fraction of sp³-hybridized carbons (Fsp3) is 0.300. The van der Waals surface area contributed by atoms with Gasteiger partial charge >= 0.3 is 0 Å². The van der Waals surface area contributed by atoms with E-state index < -0.39 is 0 Å². The van der Waals surface area contributed by atoms with Crippen LogP contribution in [0.5, 0.6) is 0 Å². The Balaban J connectivity index is 1.40. The Morgan fingerprint density at radius 1 is 1.08 bits per heavy atom. The maximum absolute atomic E-state index is 12.1. The molecule has 0 radical (unpaired) electrons. The monoisotopic (exact) mass is 432 g/mol. The minimum absolute atomic E-state index is 0.0000494. The highest BCUT2D eigenvalue weighted by Crippen LogP contribution is 2.19. The van der Waals surface area contributed by atoms with Gasteiger partial charge in [-0.15, -0.1) is 11.8 Å². The molecule has 0 unspecified atom stereocenters. The second kappa shape index (κ2) is 9.24. The van der Waals surface area contributed by atoms with Crippen LogP contribution in [0.4, 0.5) is 0 Å². The summed E-state index contributed by atoms with van der Waals surface area (Å²) < 4.78 is 1.05. The van der Waals surface area contributed by atoms with Gasteiger partial charge in [0, 0.05) is 28.4 Å². The van der Waals surface area contributed by atoms with Crippen LogP contribution in [-0.4, -0.2) is 23.6 Å². The zero-order valence-electron chi connectivity index (χ0n) is 14.3. The van der Waals surface area contributed by atoms with Crippen LogP contribution >= 0.6 is 27.7 Å². The van der Waals surface area contributed by atoms with Crippen molar-refractivity contribution < 1.29 is 9.59 Å². The lowest BCUT2D eigenvalue weighted by Gasteiger charge is -2.08. The summed E-state index contributed by atoms with van der Waals surface area (Å²) in [5.41, 5.74) is 2.77. The summed E-state index contributed by atoms with van der Waals surface area (Å²) in [5.74, 6) is 1.18. The highest BCUT2D eigenvalue weighted by Gasteiger charge is 2.23. The Morgan fingerprint density at radius 2 is 1.85 bits per heavy atom. The van der Waals surface area contributed by atoms with Gasteiger partial charge < -0.3 is 10.6 Å². The largest absolute Gasteiger partial charge is 0.351 e. The van der Waals surface area contributed by atoms with Crippen molar-refractivity contribution in [3.8, 4) is 0 Å². The van der Waals surface area contributed by atoms with E-state index in [-0.39, 0.29) is 11.8 Å². The third-order valence-corrected chi connectivity index (χ3v) is 5.54. The molecule has 1 aliphatic carbocycles. The second-order valence-electron chi connectivity index (χ2n) is 6.34. The molecule has 136 valence electrons. The average molecular weight is 433 g/mol. The molecule has 1 saturated carbocycles. The minimum atomic E-state index is -0.0364. The van der Waals surface area contributed by atoms with Crippen molar-refractivity contribution in [1.29, 1.82) is 0 Å². The minimum Gasteiger partial charge on any atom is -0.351 e. The highest BCUT2D eigenvalue weighted by atomic mass is 79.9. The molecule has 0 heterocycles. The number of hydrogen-bond donors (Lipinski definition) is 2. The molecular formula is C20H21BrN2O2S. The Morgan fingerprint density at radius 3 is 2.58 bits per heavy atom. The topological polar surface area (TPSA) is 58.2 Å². The fourth-order valence-electron chi connectivity index (χ4n) is 2.41. The molecule has 4 nitrogen and oxygen atoms in total. The molecule has 0 atom stereocenters. The van der Waals surface area contributed by atoms with E-state index >= 15 is 0 Å². The molecule has 0 saturated heterocycles. The SMILES string of the molecule is O=C(CSCc1ccc(Br)cc1)NCc1cccc(C(=O)NC2CC2)c1. The van der Waals surface area contributed by atoms with E-state index in [1.54, 1.807) is 17.8 Å². The van der Waals surface area contributed by atoms with Crippen LogP contribution in [0.15, 0.2) is 53.0 Å². The summed E-state index contributed by atoms with van der Waals surface area (Å²) in [6.07, 6.45) is 2.14. The van der Waals surface area contributed by atoms with Crippen LogP contribution in [0.2, 0.25) is 0 Å². The molecule has 1 aliphatic rings. The number of rotatable bonds is 8. The Labute approximate surface area is 166 Å². The first-order valence-electron chi connectivity index (χ1n) is 8.59. The number of carbonyl (C=O) groups excluding carboxylic acids is 2. The van der Waals surface area contributed by atoms with Gasteiger partial charge in [0.15, 0.2) is 0 Å². The fourth-order valence-corrected chi connectivity index (χ4v) is 3.49. The van der Waals surface area contributed by atoms with Gasteiger partial charge in [0.05, 0.1) is 5.75 Å². The van der Waals surface area contributed by atoms with Gasteiger partial charge in [-0.2, -0.15) is 0 Å². The molecule has 0 aromatic heterocycles. The lowest BCUT2D eigenvalue weighted by atomic mass is 10.1. The van der Waals surface area contributed by atoms with Crippen molar-refractivity contribution in [2.75, 3.05) is 5.75 Å². The number of thioether (sulfide) groups is 1. The van der Waals surface area contributed by atoms with Gasteiger partial charge in [0.1, 0.15) is 0 Å². The Kier molecular flexibility index (Phi) is 6.74. The third-order valence-electron chi connectivity index (χ3n) is 4.01. The average Bonchev–Trinajstić information content (AvgIpc) is 3.46. The number of halogens is 1. The van der Waals surface area contributed by atoms with Gasteiger partial charge in [-0.3, -0.25) is 9.59 Å². The normalized spacial score (nSPS) is 13.3. The summed E-state index contributed by atoms with van der Waals surface area (Å²) in [6, 6.07) is 15.9. The van der Waals surface area contributed by atoms with Crippen LogP contribution in [0.1, 0.15) is 34.3 Å². The van der Waals surface area contributed by atoms with Crippen molar-refractivity contribution in [3.05, 3.63) is 69.7 Å². The molecule has 2 aromatic carbocycles.